The zero-order valence-electron chi connectivity index (χ0n) is 13.1. The molecule has 21 heavy (non-hydrogen) atoms. The average Bonchev–Trinajstić information content (AvgIpc) is 2.96. The molecule has 0 amide bonds. The third-order valence-electron chi connectivity index (χ3n) is 4.38. The number of para-hydroxylation sites is 1. The van der Waals surface area contributed by atoms with Crippen molar-refractivity contribution in [3.63, 3.8) is 0 Å². The molecule has 2 aromatic rings. The topological polar surface area (TPSA) is 29.9 Å². The van der Waals surface area contributed by atoms with Crippen molar-refractivity contribution in [3.8, 4) is 5.75 Å². The Morgan fingerprint density at radius 1 is 1.38 bits per heavy atom. The quantitative estimate of drug-likeness (QED) is 0.812. The fourth-order valence-corrected chi connectivity index (χ4v) is 3.71. The van der Waals surface area contributed by atoms with Gasteiger partial charge in [0.1, 0.15) is 11.3 Å². The number of H-pyrrole nitrogens is 1. The summed E-state index contributed by atoms with van der Waals surface area (Å²) in [5.74, 6) is 2.50. The van der Waals surface area contributed by atoms with Gasteiger partial charge < -0.3 is 14.3 Å². The number of rotatable bonds is 4. The molecular formula is C17H24N2OS. The van der Waals surface area contributed by atoms with Crippen molar-refractivity contribution in [3.05, 3.63) is 23.0 Å². The summed E-state index contributed by atoms with van der Waals surface area (Å²) >= 11 is 5.54. The SMILES string of the molecule is CC1CCC(Cn2c(=S)[nH]c3c(OC(C)C)cccc32)C1. The predicted molar refractivity (Wildman–Crippen MR) is 89.4 cm³/mol. The molecule has 1 heterocycles. The van der Waals surface area contributed by atoms with Crippen LogP contribution in [0.2, 0.25) is 0 Å². The van der Waals surface area contributed by atoms with Crippen LogP contribution in [0, 0.1) is 16.6 Å². The van der Waals surface area contributed by atoms with E-state index >= 15 is 0 Å². The smallest absolute Gasteiger partial charge is 0.178 e. The van der Waals surface area contributed by atoms with E-state index in [1.165, 1.54) is 19.3 Å². The summed E-state index contributed by atoms with van der Waals surface area (Å²) in [5, 5.41) is 0. The standard InChI is InChI=1S/C17H24N2OS/c1-11(2)20-15-6-4-5-14-16(15)18-17(21)19(14)10-13-8-7-12(3)9-13/h4-6,11-13H,7-10H2,1-3H3,(H,18,21). The van der Waals surface area contributed by atoms with E-state index in [2.05, 4.69) is 28.6 Å². The van der Waals surface area contributed by atoms with Crippen molar-refractivity contribution in [1.29, 1.82) is 0 Å². The zero-order chi connectivity index (χ0) is 15.0. The van der Waals surface area contributed by atoms with Crippen LogP contribution in [0.4, 0.5) is 0 Å². The minimum absolute atomic E-state index is 0.164. The maximum absolute atomic E-state index is 5.89. The molecule has 1 saturated carbocycles. The number of nitrogens with one attached hydrogen (secondary N) is 1. The molecular weight excluding hydrogens is 280 g/mol. The molecule has 0 aliphatic heterocycles. The van der Waals surface area contributed by atoms with Gasteiger partial charge in [-0.3, -0.25) is 0 Å². The second-order valence-electron chi connectivity index (χ2n) is 6.64. The first kappa shape index (κ1) is 14.6. The lowest BCUT2D eigenvalue weighted by Crippen LogP contribution is -2.08. The summed E-state index contributed by atoms with van der Waals surface area (Å²) in [7, 11) is 0. The summed E-state index contributed by atoms with van der Waals surface area (Å²) in [5.41, 5.74) is 2.19. The predicted octanol–water partition coefficient (Wildman–Crippen LogP) is 4.92. The van der Waals surface area contributed by atoms with Crippen molar-refractivity contribution < 1.29 is 4.74 Å². The highest BCUT2D eigenvalue weighted by Crippen LogP contribution is 2.33. The van der Waals surface area contributed by atoms with Crippen LogP contribution in [0.5, 0.6) is 5.75 Å². The van der Waals surface area contributed by atoms with Crippen LogP contribution in [0.3, 0.4) is 0 Å². The average molecular weight is 304 g/mol. The van der Waals surface area contributed by atoms with E-state index in [0.29, 0.717) is 0 Å². The van der Waals surface area contributed by atoms with Gasteiger partial charge in [-0.15, -0.1) is 0 Å². The minimum Gasteiger partial charge on any atom is -0.489 e. The molecule has 0 saturated heterocycles. The van der Waals surface area contributed by atoms with Gasteiger partial charge in [-0.1, -0.05) is 19.4 Å². The van der Waals surface area contributed by atoms with Crippen LogP contribution in [-0.2, 0) is 6.54 Å². The lowest BCUT2D eigenvalue weighted by atomic mass is 10.1. The summed E-state index contributed by atoms with van der Waals surface area (Å²) in [4.78, 5) is 3.34. The summed E-state index contributed by atoms with van der Waals surface area (Å²) in [6.07, 6.45) is 4.15. The number of hydrogen-bond donors (Lipinski definition) is 1. The van der Waals surface area contributed by atoms with E-state index in [1.807, 2.05) is 19.9 Å². The third-order valence-corrected chi connectivity index (χ3v) is 4.70. The normalized spacial score (nSPS) is 22.3. The molecule has 1 aliphatic carbocycles. The van der Waals surface area contributed by atoms with Crippen LogP contribution < -0.4 is 4.74 Å². The maximum Gasteiger partial charge on any atom is 0.178 e. The van der Waals surface area contributed by atoms with Crippen LogP contribution in [0.25, 0.3) is 11.0 Å². The van der Waals surface area contributed by atoms with E-state index < -0.39 is 0 Å². The number of hydrogen-bond acceptors (Lipinski definition) is 2. The van der Waals surface area contributed by atoms with Crippen LogP contribution >= 0.6 is 12.2 Å². The summed E-state index contributed by atoms with van der Waals surface area (Å²) in [6.45, 7) is 7.46. The first-order valence-corrected chi connectivity index (χ1v) is 8.33. The lowest BCUT2D eigenvalue weighted by molar-refractivity contribution is 0.245. The third kappa shape index (κ3) is 3.00. The Hall–Kier alpha value is -1.29. The first-order valence-electron chi connectivity index (χ1n) is 7.92. The van der Waals surface area contributed by atoms with Crippen LogP contribution in [0.1, 0.15) is 40.0 Å². The van der Waals surface area contributed by atoms with E-state index in [0.717, 1.165) is 39.9 Å². The van der Waals surface area contributed by atoms with Gasteiger partial charge in [0.15, 0.2) is 4.77 Å². The second kappa shape index (κ2) is 5.84. The highest BCUT2D eigenvalue weighted by molar-refractivity contribution is 7.71. The van der Waals surface area contributed by atoms with Gasteiger partial charge >= 0.3 is 0 Å². The van der Waals surface area contributed by atoms with Crippen LogP contribution in [-0.4, -0.2) is 15.7 Å². The molecule has 0 spiro atoms. The van der Waals surface area contributed by atoms with Crippen molar-refractivity contribution in [2.24, 2.45) is 11.8 Å². The molecule has 1 N–H and O–H groups in total. The van der Waals surface area contributed by atoms with Gasteiger partial charge in [0.2, 0.25) is 0 Å². The Kier molecular flexibility index (Phi) is 4.07. The van der Waals surface area contributed by atoms with Crippen molar-refractivity contribution in [2.45, 2.75) is 52.7 Å². The van der Waals surface area contributed by atoms with Gasteiger partial charge in [-0.05, 0) is 62.9 Å². The van der Waals surface area contributed by atoms with Gasteiger partial charge in [0.25, 0.3) is 0 Å². The number of benzene rings is 1. The molecule has 1 aliphatic rings. The fraction of sp³-hybridized carbons (Fsp3) is 0.588. The molecule has 114 valence electrons. The Bertz CT molecular complexity index is 686. The lowest BCUT2D eigenvalue weighted by Gasteiger charge is -2.13. The first-order chi connectivity index (χ1) is 10.0. The molecule has 4 heteroatoms. The Morgan fingerprint density at radius 2 is 2.19 bits per heavy atom. The maximum atomic E-state index is 5.89. The summed E-state index contributed by atoms with van der Waals surface area (Å²) in [6, 6.07) is 6.19. The molecule has 2 atom stereocenters. The van der Waals surface area contributed by atoms with Crippen molar-refractivity contribution >= 4 is 23.3 Å². The monoisotopic (exact) mass is 304 g/mol. The van der Waals surface area contributed by atoms with Gasteiger partial charge in [0, 0.05) is 6.54 Å². The molecule has 1 aromatic carbocycles. The largest absolute Gasteiger partial charge is 0.489 e. The molecule has 1 fully saturated rings. The van der Waals surface area contributed by atoms with Crippen molar-refractivity contribution in [2.75, 3.05) is 0 Å². The molecule has 0 bridgehead atoms. The van der Waals surface area contributed by atoms with Crippen molar-refractivity contribution in [1.82, 2.24) is 9.55 Å². The Labute approximate surface area is 131 Å². The Morgan fingerprint density at radius 3 is 2.86 bits per heavy atom. The molecule has 2 unspecified atom stereocenters. The fourth-order valence-electron chi connectivity index (χ4n) is 3.44. The molecule has 1 aromatic heterocycles. The number of imidazole rings is 1. The highest BCUT2D eigenvalue weighted by atomic mass is 32.1. The van der Waals surface area contributed by atoms with Gasteiger partial charge in [-0.2, -0.15) is 0 Å². The number of fused-ring (bicyclic) bond motifs is 1. The van der Waals surface area contributed by atoms with Gasteiger partial charge in [-0.25, -0.2) is 0 Å². The van der Waals surface area contributed by atoms with Gasteiger partial charge in [0.05, 0.1) is 11.6 Å². The number of ether oxygens (including phenoxy) is 1. The molecule has 0 radical (unpaired) electrons. The zero-order valence-corrected chi connectivity index (χ0v) is 13.9. The molecule has 3 rings (SSSR count). The second-order valence-corrected chi connectivity index (χ2v) is 7.03. The van der Waals surface area contributed by atoms with E-state index in [4.69, 9.17) is 17.0 Å². The minimum atomic E-state index is 0.164. The summed E-state index contributed by atoms with van der Waals surface area (Å²) < 4.78 is 8.95. The van der Waals surface area contributed by atoms with E-state index in [9.17, 15) is 0 Å². The number of aromatic nitrogens is 2. The molecule has 3 nitrogen and oxygen atoms in total. The highest BCUT2D eigenvalue weighted by Gasteiger charge is 2.22. The van der Waals surface area contributed by atoms with E-state index in [1.54, 1.807) is 0 Å². The number of aromatic amines is 1. The van der Waals surface area contributed by atoms with Crippen LogP contribution in [0.15, 0.2) is 18.2 Å². The Balaban J connectivity index is 1.96. The van der Waals surface area contributed by atoms with E-state index in [-0.39, 0.29) is 6.10 Å². The number of nitrogens with zero attached hydrogens (tertiary/aromatic N) is 1.